The van der Waals surface area contributed by atoms with Crippen LogP contribution in [0.5, 0.6) is 0 Å². The van der Waals surface area contributed by atoms with Gasteiger partial charge >= 0.3 is 0 Å². The number of rotatable bonds is 2. The number of hydrogen-bond donors (Lipinski definition) is 1. The van der Waals surface area contributed by atoms with Crippen molar-refractivity contribution < 1.29 is 13.2 Å². The second-order valence-corrected chi connectivity index (χ2v) is 7.15. The van der Waals surface area contributed by atoms with Gasteiger partial charge in [0, 0.05) is 4.47 Å². The van der Waals surface area contributed by atoms with E-state index in [2.05, 4.69) is 21.2 Å². The lowest BCUT2D eigenvalue weighted by atomic mass is 10.1. The third-order valence-corrected chi connectivity index (χ3v) is 5.19. The predicted octanol–water partition coefficient (Wildman–Crippen LogP) is 1.82. The van der Waals surface area contributed by atoms with Gasteiger partial charge in [0.25, 0.3) is 0 Å². The zero-order valence-corrected chi connectivity index (χ0v) is 11.4. The van der Waals surface area contributed by atoms with Crippen LogP contribution in [-0.4, -0.2) is 25.8 Å². The maximum Gasteiger partial charge on any atom is 0.228 e. The normalized spacial score (nSPS) is 22.3. The molecule has 1 atom stereocenters. The molecule has 2 rings (SSSR count). The largest absolute Gasteiger partial charge is 0.325 e. The fourth-order valence-electron chi connectivity index (χ4n) is 1.80. The van der Waals surface area contributed by atoms with Gasteiger partial charge in [-0.2, -0.15) is 0 Å². The SMILES string of the molecule is O=C(Nc1ccccc1Br)[C@H]1CCS(=O)(=O)C1. The smallest absolute Gasteiger partial charge is 0.228 e. The highest BCUT2D eigenvalue weighted by Gasteiger charge is 2.33. The predicted molar refractivity (Wildman–Crippen MR) is 69.5 cm³/mol. The summed E-state index contributed by atoms with van der Waals surface area (Å²) in [4.78, 5) is 11.9. The van der Waals surface area contributed by atoms with E-state index in [1.54, 1.807) is 6.07 Å². The first-order valence-corrected chi connectivity index (χ1v) is 7.85. The highest BCUT2D eigenvalue weighted by molar-refractivity contribution is 9.10. The van der Waals surface area contributed by atoms with Gasteiger partial charge in [0.1, 0.15) is 0 Å². The molecule has 0 aliphatic carbocycles. The van der Waals surface area contributed by atoms with Crippen molar-refractivity contribution in [1.29, 1.82) is 0 Å². The van der Waals surface area contributed by atoms with Crippen molar-refractivity contribution in [3.05, 3.63) is 28.7 Å². The van der Waals surface area contributed by atoms with Gasteiger partial charge in [-0.05, 0) is 34.5 Å². The van der Waals surface area contributed by atoms with Crippen LogP contribution in [0.15, 0.2) is 28.7 Å². The zero-order valence-electron chi connectivity index (χ0n) is 9.02. The van der Waals surface area contributed by atoms with Crippen LogP contribution in [0.3, 0.4) is 0 Å². The number of nitrogens with one attached hydrogen (secondary N) is 1. The first-order chi connectivity index (χ1) is 7.98. The Bertz CT molecular complexity index is 541. The first kappa shape index (κ1) is 12.6. The number of sulfone groups is 1. The van der Waals surface area contributed by atoms with Crippen LogP contribution in [0.25, 0.3) is 0 Å². The molecule has 1 fully saturated rings. The number of benzene rings is 1. The third-order valence-electron chi connectivity index (χ3n) is 2.73. The Kier molecular flexibility index (Phi) is 3.53. The van der Waals surface area contributed by atoms with Crippen molar-refractivity contribution in [1.82, 2.24) is 0 Å². The number of anilines is 1. The van der Waals surface area contributed by atoms with Crippen LogP contribution in [0.4, 0.5) is 5.69 Å². The van der Waals surface area contributed by atoms with Gasteiger partial charge in [0.2, 0.25) is 5.91 Å². The average molecular weight is 318 g/mol. The number of halogens is 1. The lowest BCUT2D eigenvalue weighted by Gasteiger charge is -2.10. The Morgan fingerprint density at radius 2 is 2.06 bits per heavy atom. The minimum atomic E-state index is -3.02. The summed E-state index contributed by atoms with van der Waals surface area (Å²) < 4.78 is 23.3. The minimum Gasteiger partial charge on any atom is -0.325 e. The molecule has 0 spiro atoms. The summed E-state index contributed by atoms with van der Waals surface area (Å²) in [5, 5.41) is 2.74. The monoisotopic (exact) mass is 317 g/mol. The lowest BCUT2D eigenvalue weighted by molar-refractivity contribution is -0.119. The molecule has 92 valence electrons. The summed E-state index contributed by atoms with van der Waals surface area (Å²) in [6.07, 6.45) is 0.415. The van der Waals surface area contributed by atoms with Crippen molar-refractivity contribution in [2.45, 2.75) is 6.42 Å². The van der Waals surface area contributed by atoms with Crippen molar-refractivity contribution in [2.75, 3.05) is 16.8 Å². The molecule has 1 aromatic carbocycles. The summed E-state index contributed by atoms with van der Waals surface area (Å²) in [5.41, 5.74) is 0.668. The highest BCUT2D eigenvalue weighted by atomic mass is 79.9. The van der Waals surface area contributed by atoms with E-state index >= 15 is 0 Å². The van der Waals surface area contributed by atoms with Gasteiger partial charge in [0.05, 0.1) is 23.1 Å². The van der Waals surface area contributed by atoms with Gasteiger partial charge in [-0.25, -0.2) is 8.42 Å². The standard InChI is InChI=1S/C11H12BrNO3S/c12-9-3-1-2-4-10(9)13-11(14)8-5-6-17(15,16)7-8/h1-4,8H,5-7H2,(H,13,14)/t8-/m0/s1. The van der Waals surface area contributed by atoms with Gasteiger partial charge in [-0.1, -0.05) is 12.1 Å². The van der Waals surface area contributed by atoms with Gasteiger partial charge < -0.3 is 5.32 Å². The Balaban J connectivity index is 2.06. The summed E-state index contributed by atoms with van der Waals surface area (Å²) in [5.74, 6) is -0.574. The topological polar surface area (TPSA) is 63.2 Å². The molecule has 0 radical (unpaired) electrons. The maximum absolute atomic E-state index is 11.9. The van der Waals surface area contributed by atoms with E-state index in [9.17, 15) is 13.2 Å². The van der Waals surface area contributed by atoms with Crippen molar-refractivity contribution in [3.63, 3.8) is 0 Å². The van der Waals surface area contributed by atoms with Crippen LogP contribution < -0.4 is 5.32 Å². The van der Waals surface area contributed by atoms with Gasteiger partial charge in [-0.15, -0.1) is 0 Å². The molecule has 1 aliphatic heterocycles. The number of carbonyl (C=O) groups is 1. The maximum atomic E-state index is 11.9. The van der Waals surface area contributed by atoms with E-state index in [-0.39, 0.29) is 17.4 Å². The summed E-state index contributed by atoms with van der Waals surface area (Å²) >= 11 is 3.32. The Labute approximate surface area is 108 Å². The number of amides is 1. The van der Waals surface area contributed by atoms with E-state index in [4.69, 9.17) is 0 Å². The molecule has 1 amide bonds. The van der Waals surface area contributed by atoms with Gasteiger partial charge in [-0.3, -0.25) is 4.79 Å². The van der Waals surface area contributed by atoms with Crippen molar-refractivity contribution in [2.24, 2.45) is 5.92 Å². The molecular weight excluding hydrogens is 306 g/mol. The first-order valence-electron chi connectivity index (χ1n) is 5.24. The highest BCUT2D eigenvalue weighted by Crippen LogP contribution is 2.24. The van der Waals surface area contributed by atoms with E-state index < -0.39 is 15.8 Å². The molecule has 1 aromatic rings. The Morgan fingerprint density at radius 1 is 1.35 bits per heavy atom. The van der Waals surface area contributed by atoms with E-state index in [1.165, 1.54) is 0 Å². The molecule has 1 saturated heterocycles. The number of carbonyl (C=O) groups excluding carboxylic acids is 1. The molecule has 4 nitrogen and oxygen atoms in total. The summed E-state index contributed by atoms with van der Waals surface area (Å²) in [6.45, 7) is 0. The quantitative estimate of drug-likeness (QED) is 0.905. The van der Waals surface area contributed by atoms with E-state index in [0.717, 1.165) is 4.47 Å². The molecule has 0 unspecified atom stereocenters. The summed E-state index contributed by atoms with van der Waals surface area (Å²) in [6, 6.07) is 7.25. The van der Waals surface area contributed by atoms with Gasteiger partial charge in [0.15, 0.2) is 9.84 Å². The number of hydrogen-bond acceptors (Lipinski definition) is 3. The summed E-state index contributed by atoms with van der Waals surface area (Å²) in [7, 11) is -3.02. The second kappa shape index (κ2) is 4.78. The van der Waals surface area contributed by atoms with Crippen LogP contribution in [0.2, 0.25) is 0 Å². The molecule has 6 heteroatoms. The second-order valence-electron chi connectivity index (χ2n) is 4.07. The van der Waals surface area contributed by atoms with E-state index in [1.807, 2.05) is 18.2 Å². The van der Waals surface area contributed by atoms with Crippen LogP contribution in [0.1, 0.15) is 6.42 Å². The van der Waals surface area contributed by atoms with Crippen LogP contribution in [0, 0.1) is 5.92 Å². The molecule has 0 aromatic heterocycles. The molecule has 0 saturated carbocycles. The number of para-hydroxylation sites is 1. The lowest BCUT2D eigenvalue weighted by Crippen LogP contribution is -2.23. The molecule has 1 aliphatic rings. The van der Waals surface area contributed by atoms with Crippen LogP contribution in [-0.2, 0) is 14.6 Å². The average Bonchev–Trinajstić information content (AvgIpc) is 2.62. The van der Waals surface area contributed by atoms with Crippen LogP contribution >= 0.6 is 15.9 Å². The Hall–Kier alpha value is -0.880. The van der Waals surface area contributed by atoms with Crippen molar-refractivity contribution in [3.8, 4) is 0 Å². The fraction of sp³-hybridized carbons (Fsp3) is 0.364. The zero-order chi connectivity index (χ0) is 12.5. The minimum absolute atomic E-state index is 0.0384. The fourth-order valence-corrected chi connectivity index (χ4v) is 3.92. The molecular formula is C11H12BrNO3S. The van der Waals surface area contributed by atoms with Crippen molar-refractivity contribution >= 4 is 37.4 Å². The Morgan fingerprint density at radius 3 is 2.65 bits per heavy atom. The molecule has 0 bridgehead atoms. The molecule has 17 heavy (non-hydrogen) atoms. The molecule has 1 N–H and O–H groups in total. The molecule has 1 heterocycles. The third kappa shape index (κ3) is 3.07. The van der Waals surface area contributed by atoms with E-state index in [0.29, 0.717) is 12.1 Å².